The molecular weight excluding hydrogens is 80.0 g/mol. The van der Waals surface area contributed by atoms with Gasteiger partial charge in [-0.3, -0.25) is 4.79 Å². The summed E-state index contributed by atoms with van der Waals surface area (Å²) in [5, 5.41) is 3.60. The first kappa shape index (κ1) is 3.65. The largest absolute Gasteiger partial charge is 0.481 e. The molecule has 0 bridgehead atoms. The van der Waals surface area contributed by atoms with Gasteiger partial charge in [0.05, 0.1) is 0 Å². The Hall–Kier alpha value is -0.530. The van der Waals surface area contributed by atoms with Gasteiger partial charge in [0.25, 0.3) is 1.43 Å². The molecule has 0 unspecified atom stereocenters. The van der Waals surface area contributed by atoms with Gasteiger partial charge < -0.3 is 5.11 Å². The maximum Gasteiger partial charge on any atom is 0.303 e. The van der Waals surface area contributed by atoms with Gasteiger partial charge in [-0.2, -0.15) is 0 Å². The first-order valence-electron chi connectivity index (χ1n) is 2.38. The van der Waals surface area contributed by atoms with Crippen LogP contribution in [-0.2, 0) is 4.79 Å². The van der Waals surface area contributed by atoms with Gasteiger partial charge in [-0.15, -0.1) is 0 Å². The molecule has 1 N–H and O–H groups in total. The molecule has 0 heterocycles. The van der Waals surface area contributed by atoms with Gasteiger partial charge in [-0.25, -0.2) is 0 Å². The Morgan fingerprint density at radius 3 is 3.00 bits per heavy atom. The molecule has 2 heteroatoms. The molecule has 0 fully saturated rings. The van der Waals surface area contributed by atoms with Gasteiger partial charge in [0.15, 0.2) is 0 Å². The number of rotatable bonds is 2. The summed E-state index contributed by atoms with van der Waals surface area (Å²) in [6, 6.07) is 0. The lowest BCUT2D eigenvalue weighted by Gasteiger charge is -1.79. The van der Waals surface area contributed by atoms with Crippen molar-refractivity contribution in [3.8, 4) is 0 Å². The minimum Gasteiger partial charge on any atom is -0.481 e. The molecule has 0 atom stereocenters. The smallest absolute Gasteiger partial charge is 0.303 e. The lowest BCUT2D eigenvalue weighted by atomic mass is 10.4. The van der Waals surface area contributed by atoms with Crippen molar-refractivity contribution in [2.24, 2.45) is 0 Å². The average molecular weight is 89.1 g/mol. The van der Waals surface area contributed by atoms with Crippen LogP contribution in [0.5, 0.6) is 0 Å². The number of carbonyl (C=O) groups is 1. The normalized spacial score (nSPS) is 9.83. The lowest BCUT2D eigenvalue weighted by molar-refractivity contribution is -0.137. The third kappa shape index (κ3) is 3.47. The summed E-state index contributed by atoms with van der Waals surface area (Å²) in [7, 11) is 0. The zero-order valence-corrected chi connectivity index (χ0v) is 3.73. The van der Waals surface area contributed by atoms with E-state index in [0.29, 0.717) is 6.42 Å². The van der Waals surface area contributed by atoms with E-state index < -0.39 is 5.97 Å². The summed E-state index contributed by atoms with van der Waals surface area (Å²) in [6.45, 7) is 1.86. The molecule has 0 spiro atoms. The molecular formula is C4H8O2. The van der Waals surface area contributed by atoms with Crippen LogP contribution in [0.4, 0.5) is 0 Å². The molecule has 6 heavy (non-hydrogen) atoms. The Kier molecular flexibility index (Phi) is 1.64. The predicted molar refractivity (Wildman–Crippen MR) is 22.5 cm³/mol. The molecule has 0 amide bonds. The van der Waals surface area contributed by atoms with Gasteiger partial charge in [0, 0.05) is 6.42 Å². The van der Waals surface area contributed by atoms with Crippen molar-refractivity contribution < 1.29 is 9.90 Å². The van der Waals surface area contributed by atoms with Crippen LogP contribution in [0, 0.1) is 0 Å². The van der Waals surface area contributed by atoms with Crippen molar-refractivity contribution >= 4 is 5.97 Å². The Bertz CT molecular complexity index is 62.7. The summed E-state index contributed by atoms with van der Waals surface area (Å²) in [5.74, 6) is -0.456. The van der Waals surface area contributed by atoms with Gasteiger partial charge in [0.2, 0.25) is 0 Å². The van der Waals surface area contributed by atoms with Crippen molar-refractivity contribution in [2.75, 3.05) is 0 Å². The fourth-order valence-corrected chi connectivity index (χ4v) is 0.204. The zero-order valence-electron chi connectivity index (χ0n) is 4.73. The topological polar surface area (TPSA) is 37.3 Å². The SMILES string of the molecule is [2H]OC(=O)CCC. The highest BCUT2D eigenvalue weighted by atomic mass is 16.4. The number of carboxylic acid groups (broad SMARTS) is 1. The van der Waals surface area contributed by atoms with E-state index in [1.54, 1.807) is 0 Å². The van der Waals surface area contributed by atoms with Crippen LogP contribution in [-0.4, -0.2) is 11.1 Å². The zero-order chi connectivity index (χ0) is 5.70. The fourth-order valence-electron chi connectivity index (χ4n) is 0.204. The van der Waals surface area contributed by atoms with Crippen LogP contribution in [0.25, 0.3) is 1.43 Å². The predicted octanol–water partition coefficient (Wildman–Crippen LogP) is 0.871. The van der Waals surface area contributed by atoms with Crippen molar-refractivity contribution in [3.63, 3.8) is 0 Å². The first-order valence-corrected chi connectivity index (χ1v) is 1.97. The van der Waals surface area contributed by atoms with Crippen LogP contribution in [0.15, 0.2) is 0 Å². The van der Waals surface area contributed by atoms with Crippen LogP contribution in [0.1, 0.15) is 19.8 Å². The lowest BCUT2D eigenvalue weighted by Crippen LogP contribution is -1.90. The third-order valence-corrected chi connectivity index (χ3v) is 0.454. The molecule has 0 radical (unpaired) electrons. The highest BCUT2D eigenvalue weighted by molar-refractivity contribution is 5.66. The highest BCUT2D eigenvalue weighted by Crippen LogP contribution is 1.82. The van der Waals surface area contributed by atoms with E-state index in [2.05, 4.69) is 5.11 Å². The molecule has 0 aliphatic heterocycles. The van der Waals surface area contributed by atoms with Crippen LogP contribution in [0.2, 0.25) is 0 Å². The monoisotopic (exact) mass is 89.1 g/mol. The molecule has 36 valence electrons. The Morgan fingerprint density at radius 2 is 2.83 bits per heavy atom. The van der Waals surface area contributed by atoms with E-state index in [4.69, 9.17) is 1.43 Å². The van der Waals surface area contributed by atoms with Crippen molar-refractivity contribution in [2.45, 2.75) is 19.8 Å². The average Bonchev–Trinajstić information content (AvgIpc) is 1.68. The van der Waals surface area contributed by atoms with Crippen molar-refractivity contribution in [1.29, 1.82) is 1.43 Å². The summed E-state index contributed by atoms with van der Waals surface area (Å²) >= 11 is 0. The van der Waals surface area contributed by atoms with Gasteiger partial charge >= 0.3 is 5.97 Å². The second kappa shape index (κ2) is 2.69. The molecule has 0 aliphatic carbocycles. The van der Waals surface area contributed by atoms with E-state index in [1.807, 2.05) is 6.92 Å². The first-order chi connectivity index (χ1) is 3.31. The Morgan fingerprint density at radius 1 is 2.17 bits per heavy atom. The highest BCUT2D eigenvalue weighted by Gasteiger charge is 1.87. The van der Waals surface area contributed by atoms with E-state index in [1.165, 1.54) is 0 Å². The minimum absolute atomic E-state index is 0.351. The Balaban J connectivity index is 3.00. The quantitative estimate of drug-likeness (QED) is 0.545. The molecule has 0 aliphatic rings. The summed E-state index contributed by atoms with van der Waals surface area (Å²) in [5.41, 5.74) is 0. The van der Waals surface area contributed by atoms with Crippen molar-refractivity contribution in [3.05, 3.63) is 0 Å². The van der Waals surface area contributed by atoms with E-state index in [9.17, 15) is 4.79 Å². The van der Waals surface area contributed by atoms with Gasteiger partial charge in [0.1, 0.15) is 0 Å². The van der Waals surface area contributed by atoms with E-state index in [0.717, 1.165) is 6.42 Å². The second-order valence-corrected chi connectivity index (χ2v) is 1.12. The molecule has 0 rings (SSSR count). The number of hydrogen-bond donors (Lipinski definition) is 1. The molecule has 2 nitrogen and oxygen atoms in total. The number of hydrogen-bond acceptors (Lipinski definition) is 2. The van der Waals surface area contributed by atoms with Crippen LogP contribution in [0.3, 0.4) is 0 Å². The molecule has 0 aromatic heterocycles. The van der Waals surface area contributed by atoms with Gasteiger partial charge in [-0.1, -0.05) is 6.92 Å². The van der Waals surface area contributed by atoms with Crippen molar-refractivity contribution in [1.82, 2.24) is 0 Å². The standard InChI is InChI=1S/C4H8O2/c1-2-3-4(5)6/h2-3H2,1H3,(H,5,6)/i/hD. The number of aliphatic carboxylic acids is 1. The fraction of sp³-hybridized carbons (Fsp3) is 0.750. The molecule has 0 saturated carbocycles. The molecule has 0 aromatic carbocycles. The van der Waals surface area contributed by atoms with Crippen LogP contribution < -0.4 is 0 Å². The summed E-state index contributed by atoms with van der Waals surface area (Å²) in [4.78, 5) is 10.0. The van der Waals surface area contributed by atoms with Gasteiger partial charge in [-0.05, 0) is 6.42 Å². The third-order valence-electron chi connectivity index (χ3n) is 0.454. The molecule has 0 aromatic rings. The summed E-state index contributed by atoms with van der Waals surface area (Å²) in [6.07, 6.45) is 1.10. The number of carboxylic acids is 1. The summed E-state index contributed by atoms with van der Waals surface area (Å²) < 4.78 is 6.06. The second-order valence-electron chi connectivity index (χ2n) is 1.12. The van der Waals surface area contributed by atoms with E-state index >= 15 is 0 Å². The molecule has 0 saturated heterocycles. The maximum atomic E-state index is 10.0. The van der Waals surface area contributed by atoms with Crippen LogP contribution >= 0.6 is 0 Å². The minimum atomic E-state index is -0.456. The maximum absolute atomic E-state index is 10.0. The van der Waals surface area contributed by atoms with E-state index in [-0.39, 0.29) is 0 Å². The Labute approximate surface area is 38.3 Å².